The zero-order valence-electron chi connectivity index (χ0n) is 12.1. The average molecular weight is 278 g/mol. The third-order valence-electron chi connectivity index (χ3n) is 3.10. The van der Waals surface area contributed by atoms with Crippen LogP contribution in [0.5, 0.6) is 0 Å². The molecule has 0 N–H and O–H groups in total. The minimum Gasteiger partial charge on any atom is -0.469 e. The first-order chi connectivity index (χ1) is 9.67. The Kier molecular flexibility index (Phi) is 7.40. The number of ether oxygens (including phenoxy) is 2. The van der Waals surface area contributed by atoms with E-state index in [4.69, 9.17) is 9.47 Å². The summed E-state index contributed by atoms with van der Waals surface area (Å²) in [7, 11) is 1.34. The van der Waals surface area contributed by atoms with Gasteiger partial charge in [0, 0.05) is 0 Å². The van der Waals surface area contributed by atoms with Crippen LogP contribution in [0.25, 0.3) is 0 Å². The van der Waals surface area contributed by atoms with E-state index in [9.17, 15) is 9.59 Å². The van der Waals surface area contributed by atoms with E-state index in [1.54, 1.807) is 0 Å². The third-order valence-corrected chi connectivity index (χ3v) is 3.10. The molecule has 1 aromatic carbocycles. The molecule has 0 aliphatic carbocycles. The number of hydrogen-bond donors (Lipinski definition) is 0. The molecule has 0 heterocycles. The molecule has 0 bridgehead atoms. The standard InChI is InChI=1S/C16H22O4/c1-3-4-10-14(16(18)19-2)11-15(17)20-12-13-8-6-5-7-9-13/h5-9,14H,3-4,10-12H2,1-2H3. The van der Waals surface area contributed by atoms with Gasteiger partial charge < -0.3 is 9.47 Å². The first-order valence-electron chi connectivity index (χ1n) is 6.94. The maximum atomic E-state index is 11.8. The largest absolute Gasteiger partial charge is 0.469 e. The average Bonchev–Trinajstić information content (AvgIpc) is 2.49. The van der Waals surface area contributed by atoms with E-state index in [-0.39, 0.29) is 25.0 Å². The molecule has 0 radical (unpaired) electrons. The molecule has 1 aromatic rings. The van der Waals surface area contributed by atoms with Gasteiger partial charge in [-0.25, -0.2) is 0 Å². The molecule has 110 valence electrons. The summed E-state index contributed by atoms with van der Waals surface area (Å²) < 4.78 is 9.91. The van der Waals surface area contributed by atoms with Gasteiger partial charge in [0.1, 0.15) is 6.61 Å². The van der Waals surface area contributed by atoms with Crippen molar-refractivity contribution in [2.75, 3.05) is 7.11 Å². The highest BCUT2D eigenvalue weighted by Gasteiger charge is 2.22. The van der Waals surface area contributed by atoms with Crippen LogP contribution in [0.3, 0.4) is 0 Å². The molecule has 20 heavy (non-hydrogen) atoms. The van der Waals surface area contributed by atoms with Crippen molar-refractivity contribution in [2.24, 2.45) is 5.92 Å². The molecule has 0 saturated heterocycles. The lowest BCUT2D eigenvalue weighted by Crippen LogP contribution is -2.21. The molecule has 0 spiro atoms. The topological polar surface area (TPSA) is 52.6 Å². The summed E-state index contributed by atoms with van der Waals surface area (Å²) in [6, 6.07) is 9.47. The second-order valence-corrected chi connectivity index (χ2v) is 4.71. The quantitative estimate of drug-likeness (QED) is 0.686. The molecule has 1 unspecified atom stereocenters. The lowest BCUT2D eigenvalue weighted by atomic mass is 9.99. The zero-order chi connectivity index (χ0) is 14.8. The van der Waals surface area contributed by atoms with Crippen LogP contribution in [0.2, 0.25) is 0 Å². The predicted molar refractivity (Wildman–Crippen MR) is 75.9 cm³/mol. The van der Waals surface area contributed by atoms with E-state index < -0.39 is 5.92 Å². The molecule has 1 rings (SSSR count). The van der Waals surface area contributed by atoms with Crippen LogP contribution in [0.1, 0.15) is 38.2 Å². The van der Waals surface area contributed by atoms with Crippen molar-refractivity contribution in [2.45, 2.75) is 39.2 Å². The smallest absolute Gasteiger partial charge is 0.309 e. The Bertz CT molecular complexity index is 414. The van der Waals surface area contributed by atoms with Gasteiger partial charge in [0.15, 0.2) is 0 Å². The zero-order valence-corrected chi connectivity index (χ0v) is 12.1. The van der Waals surface area contributed by atoms with E-state index in [1.807, 2.05) is 37.3 Å². The van der Waals surface area contributed by atoms with Crippen molar-refractivity contribution >= 4 is 11.9 Å². The van der Waals surface area contributed by atoms with Gasteiger partial charge in [-0.2, -0.15) is 0 Å². The summed E-state index contributed by atoms with van der Waals surface area (Å²) in [5, 5.41) is 0. The van der Waals surface area contributed by atoms with Gasteiger partial charge in [0.05, 0.1) is 19.4 Å². The lowest BCUT2D eigenvalue weighted by molar-refractivity contribution is -0.154. The number of rotatable bonds is 8. The fraction of sp³-hybridized carbons (Fsp3) is 0.500. The van der Waals surface area contributed by atoms with Gasteiger partial charge in [-0.1, -0.05) is 50.1 Å². The summed E-state index contributed by atoms with van der Waals surface area (Å²) >= 11 is 0. The Hall–Kier alpha value is -1.84. The molecule has 1 atom stereocenters. The summed E-state index contributed by atoms with van der Waals surface area (Å²) in [5.74, 6) is -1.10. The SMILES string of the molecule is CCCCC(CC(=O)OCc1ccccc1)C(=O)OC. The summed E-state index contributed by atoms with van der Waals surface area (Å²) in [6.07, 6.45) is 2.61. The van der Waals surface area contributed by atoms with Crippen LogP contribution in [0, 0.1) is 5.92 Å². The van der Waals surface area contributed by atoms with Crippen LogP contribution >= 0.6 is 0 Å². The molecular weight excluding hydrogens is 256 g/mol. The van der Waals surface area contributed by atoms with Crippen molar-refractivity contribution in [3.8, 4) is 0 Å². The summed E-state index contributed by atoms with van der Waals surface area (Å²) in [6.45, 7) is 2.28. The molecule has 0 aliphatic heterocycles. The van der Waals surface area contributed by atoms with E-state index in [0.29, 0.717) is 6.42 Å². The maximum Gasteiger partial charge on any atom is 0.309 e. The number of carbonyl (C=O) groups excluding carboxylic acids is 2. The molecular formula is C16H22O4. The van der Waals surface area contributed by atoms with Crippen molar-refractivity contribution in [3.63, 3.8) is 0 Å². The van der Waals surface area contributed by atoms with E-state index in [2.05, 4.69) is 0 Å². The molecule has 0 saturated carbocycles. The van der Waals surface area contributed by atoms with Gasteiger partial charge in [-0.15, -0.1) is 0 Å². The molecule has 4 heteroatoms. The fourth-order valence-electron chi connectivity index (χ4n) is 1.92. The first-order valence-corrected chi connectivity index (χ1v) is 6.94. The second-order valence-electron chi connectivity index (χ2n) is 4.71. The fourth-order valence-corrected chi connectivity index (χ4v) is 1.92. The van der Waals surface area contributed by atoms with E-state index >= 15 is 0 Å². The van der Waals surface area contributed by atoms with Gasteiger partial charge in [0.25, 0.3) is 0 Å². The van der Waals surface area contributed by atoms with Gasteiger partial charge in [-0.05, 0) is 12.0 Å². The van der Waals surface area contributed by atoms with Crippen molar-refractivity contribution in [1.29, 1.82) is 0 Å². The van der Waals surface area contributed by atoms with Gasteiger partial charge in [0.2, 0.25) is 0 Å². The summed E-state index contributed by atoms with van der Waals surface area (Å²) in [4.78, 5) is 23.4. The van der Waals surface area contributed by atoms with Crippen LogP contribution in [0.15, 0.2) is 30.3 Å². The Labute approximate surface area is 120 Å². The number of unbranched alkanes of at least 4 members (excludes halogenated alkanes) is 1. The van der Waals surface area contributed by atoms with Crippen LogP contribution in [-0.2, 0) is 25.7 Å². The third kappa shape index (κ3) is 5.87. The summed E-state index contributed by atoms with van der Waals surface area (Å²) in [5.41, 5.74) is 0.934. The maximum absolute atomic E-state index is 11.8. The van der Waals surface area contributed by atoms with Crippen LogP contribution in [0.4, 0.5) is 0 Å². The number of carbonyl (C=O) groups is 2. The lowest BCUT2D eigenvalue weighted by Gasteiger charge is -2.13. The van der Waals surface area contributed by atoms with Crippen LogP contribution < -0.4 is 0 Å². The minimum absolute atomic E-state index is 0.0828. The van der Waals surface area contributed by atoms with Gasteiger partial charge in [-0.3, -0.25) is 9.59 Å². The molecule has 0 aliphatic rings. The Balaban J connectivity index is 2.43. The van der Waals surface area contributed by atoms with Gasteiger partial charge >= 0.3 is 11.9 Å². The minimum atomic E-state index is -0.400. The Morgan fingerprint density at radius 1 is 1.20 bits per heavy atom. The number of methoxy groups -OCH3 is 1. The normalized spacial score (nSPS) is 11.7. The van der Waals surface area contributed by atoms with Crippen molar-refractivity contribution in [1.82, 2.24) is 0 Å². The Morgan fingerprint density at radius 2 is 1.90 bits per heavy atom. The van der Waals surface area contributed by atoms with E-state index in [1.165, 1.54) is 7.11 Å². The van der Waals surface area contributed by atoms with Crippen molar-refractivity contribution in [3.05, 3.63) is 35.9 Å². The molecule has 0 fully saturated rings. The first kappa shape index (κ1) is 16.2. The Morgan fingerprint density at radius 3 is 2.50 bits per heavy atom. The molecule has 4 nitrogen and oxygen atoms in total. The van der Waals surface area contributed by atoms with Crippen molar-refractivity contribution < 1.29 is 19.1 Å². The highest BCUT2D eigenvalue weighted by atomic mass is 16.5. The van der Waals surface area contributed by atoms with Crippen LogP contribution in [-0.4, -0.2) is 19.0 Å². The molecule has 0 aromatic heterocycles. The predicted octanol–water partition coefficient (Wildman–Crippen LogP) is 3.10. The number of esters is 2. The van der Waals surface area contributed by atoms with E-state index in [0.717, 1.165) is 18.4 Å². The second kappa shape index (κ2) is 9.13. The monoisotopic (exact) mass is 278 g/mol. The number of benzene rings is 1. The highest BCUT2D eigenvalue weighted by Crippen LogP contribution is 2.16. The highest BCUT2D eigenvalue weighted by molar-refractivity contribution is 5.79. The molecule has 0 amide bonds. The number of hydrogen-bond acceptors (Lipinski definition) is 4.